The molecule has 0 amide bonds. The van der Waals surface area contributed by atoms with Crippen LogP contribution in [-0.4, -0.2) is 76.6 Å². The predicted octanol–water partition coefficient (Wildman–Crippen LogP) is -1.75. The van der Waals surface area contributed by atoms with Gasteiger partial charge in [0.05, 0.1) is 19.8 Å². The average molecular weight is 457 g/mol. The number of hydroxylamine groups is 2. The number of aliphatic hydroxyl groups excluding tert-OH is 2. The molecule has 0 saturated carbocycles. The first kappa shape index (κ1) is 24.0. The van der Waals surface area contributed by atoms with E-state index in [1.54, 1.807) is 0 Å². The number of nitrogens with zero attached hydrogens (tertiary/aromatic N) is 2. The van der Waals surface area contributed by atoms with Crippen LogP contribution in [0.5, 0.6) is 5.75 Å². The van der Waals surface area contributed by atoms with Crippen molar-refractivity contribution in [2.24, 2.45) is 0 Å². The molecule has 176 valence electrons. The van der Waals surface area contributed by atoms with Gasteiger partial charge in [-0.2, -0.15) is 0 Å². The van der Waals surface area contributed by atoms with E-state index in [4.69, 9.17) is 4.74 Å². The second kappa shape index (κ2) is 8.71. The summed E-state index contributed by atoms with van der Waals surface area (Å²) in [5.41, 5.74) is -5.69. The lowest BCUT2D eigenvalue weighted by Gasteiger charge is -2.42. The van der Waals surface area contributed by atoms with Crippen LogP contribution in [0.1, 0.15) is 24.0 Å². The zero-order valence-electron chi connectivity index (χ0n) is 16.9. The SMILES string of the molecule is CC(CF)c1cn([C@@]2(O)O[C@H](CO)[C@@H](O)[C@]2(O)N(O)Cc2ccccc2O)c(=O)[nH]c1=O. The number of alkyl halides is 1. The van der Waals surface area contributed by atoms with Crippen molar-refractivity contribution in [2.75, 3.05) is 13.3 Å². The summed E-state index contributed by atoms with van der Waals surface area (Å²) in [4.78, 5) is 26.4. The fraction of sp³-hybridized carbons (Fsp3) is 0.474. The third-order valence-electron chi connectivity index (χ3n) is 5.50. The molecule has 2 aromatic rings. The van der Waals surface area contributed by atoms with Gasteiger partial charge < -0.3 is 35.5 Å². The smallest absolute Gasteiger partial charge is 0.332 e. The summed E-state index contributed by atoms with van der Waals surface area (Å²) in [6.45, 7) is -1.28. The first-order chi connectivity index (χ1) is 15.0. The number of hydrogen-bond acceptors (Lipinski definition) is 10. The molecular formula is C19H24FN3O9. The maximum Gasteiger partial charge on any atom is 0.332 e. The second-order valence-electron chi connectivity index (χ2n) is 7.57. The lowest BCUT2D eigenvalue weighted by Crippen LogP contribution is -2.68. The van der Waals surface area contributed by atoms with Crippen LogP contribution in [0.4, 0.5) is 4.39 Å². The fourth-order valence-electron chi connectivity index (χ4n) is 3.58. The summed E-state index contributed by atoms with van der Waals surface area (Å²) in [5, 5.41) is 63.3. The number of halogens is 1. The molecule has 1 aliphatic heterocycles. The van der Waals surface area contributed by atoms with Gasteiger partial charge in [0.25, 0.3) is 5.56 Å². The van der Waals surface area contributed by atoms with E-state index in [1.807, 2.05) is 4.98 Å². The van der Waals surface area contributed by atoms with Gasteiger partial charge in [0, 0.05) is 23.2 Å². The Labute approximate surface area is 179 Å². The third-order valence-corrected chi connectivity index (χ3v) is 5.50. The lowest BCUT2D eigenvalue weighted by molar-refractivity contribution is -0.413. The molecule has 0 radical (unpaired) electrons. The highest BCUT2D eigenvalue weighted by Gasteiger charge is 2.70. The lowest BCUT2D eigenvalue weighted by atomic mass is 9.99. The van der Waals surface area contributed by atoms with E-state index >= 15 is 0 Å². The molecule has 7 N–H and O–H groups in total. The van der Waals surface area contributed by atoms with Crippen molar-refractivity contribution in [3.05, 3.63) is 62.4 Å². The van der Waals surface area contributed by atoms with E-state index in [0.717, 1.165) is 6.20 Å². The van der Waals surface area contributed by atoms with E-state index in [1.165, 1.54) is 31.2 Å². The number of H-pyrrole nitrogens is 1. The van der Waals surface area contributed by atoms with Crippen LogP contribution in [0.15, 0.2) is 40.1 Å². The Balaban J connectivity index is 2.17. The Morgan fingerprint density at radius 2 is 1.97 bits per heavy atom. The number of phenols is 1. The first-order valence-corrected chi connectivity index (χ1v) is 9.58. The molecule has 1 aliphatic rings. The van der Waals surface area contributed by atoms with Gasteiger partial charge in [0.2, 0.25) is 5.72 Å². The number of rotatable bonds is 7. The van der Waals surface area contributed by atoms with Crippen molar-refractivity contribution in [2.45, 2.75) is 43.2 Å². The van der Waals surface area contributed by atoms with E-state index in [0.29, 0.717) is 0 Å². The van der Waals surface area contributed by atoms with Crippen molar-refractivity contribution in [3.63, 3.8) is 0 Å². The molecule has 1 saturated heterocycles. The topological polar surface area (TPSA) is 189 Å². The summed E-state index contributed by atoms with van der Waals surface area (Å²) in [5.74, 6) is -4.56. The average Bonchev–Trinajstić information content (AvgIpc) is 2.97. The van der Waals surface area contributed by atoms with Crippen LogP contribution in [-0.2, 0) is 17.2 Å². The highest BCUT2D eigenvalue weighted by Crippen LogP contribution is 2.43. The van der Waals surface area contributed by atoms with Gasteiger partial charge in [-0.15, -0.1) is 5.06 Å². The van der Waals surface area contributed by atoms with E-state index in [2.05, 4.69) is 0 Å². The van der Waals surface area contributed by atoms with Gasteiger partial charge >= 0.3 is 11.6 Å². The minimum absolute atomic E-state index is 0.0260. The molecule has 0 aliphatic carbocycles. The predicted molar refractivity (Wildman–Crippen MR) is 104 cm³/mol. The van der Waals surface area contributed by atoms with Crippen molar-refractivity contribution < 1.29 is 39.9 Å². The largest absolute Gasteiger partial charge is 0.508 e. The molecule has 1 aromatic carbocycles. The number of nitrogens with one attached hydrogen (secondary N) is 1. The van der Waals surface area contributed by atoms with E-state index < -0.39 is 60.8 Å². The fourth-order valence-corrected chi connectivity index (χ4v) is 3.58. The molecule has 5 atom stereocenters. The Morgan fingerprint density at radius 3 is 2.56 bits per heavy atom. The standard InChI is InChI=1S/C19H24FN3O9/c1-10(6-20)12-8-22(17(28)21-16(12)27)19(30)18(29,15(26)14(9-24)32-19)23(31)7-11-4-2-3-5-13(11)25/h2-5,8,10,14-15,24-26,29-31H,6-7,9H2,1H3,(H,21,27,28)/t10?,14-,15-,18-,19+/m1/s1. The number of aromatic hydroxyl groups is 1. The van der Waals surface area contributed by atoms with Crippen molar-refractivity contribution in [3.8, 4) is 5.75 Å². The van der Waals surface area contributed by atoms with Crippen LogP contribution in [0, 0.1) is 0 Å². The van der Waals surface area contributed by atoms with E-state index in [-0.39, 0.29) is 26.5 Å². The number of aliphatic hydroxyl groups is 4. The maximum absolute atomic E-state index is 13.2. The van der Waals surface area contributed by atoms with Gasteiger partial charge in [-0.05, 0) is 6.07 Å². The Hall–Kier alpha value is -2.65. The molecular weight excluding hydrogens is 433 g/mol. The third kappa shape index (κ3) is 3.63. The van der Waals surface area contributed by atoms with Crippen LogP contribution in [0.25, 0.3) is 0 Å². The normalized spacial score (nSPS) is 28.9. The molecule has 13 heteroatoms. The van der Waals surface area contributed by atoms with Gasteiger partial charge in [-0.25, -0.2) is 9.36 Å². The van der Waals surface area contributed by atoms with Crippen LogP contribution in [0.3, 0.4) is 0 Å². The number of aromatic amines is 1. The van der Waals surface area contributed by atoms with E-state index in [9.17, 15) is 44.7 Å². The molecule has 1 unspecified atom stereocenters. The number of para-hydroxylation sites is 1. The number of hydrogen-bond donors (Lipinski definition) is 7. The summed E-state index contributed by atoms with van der Waals surface area (Å²) in [6, 6.07) is 5.66. The zero-order chi connectivity index (χ0) is 23.8. The molecule has 12 nitrogen and oxygen atoms in total. The maximum atomic E-state index is 13.2. The highest BCUT2D eigenvalue weighted by atomic mass is 19.1. The van der Waals surface area contributed by atoms with Crippen LogP contribution >= 0.6 is 0 Å². The molecule has 0 bridgehead atoms. The first-order valence-electron chi connectivity index (χ1n) is 9.58. The molecule has 3 rings (SSSR count). The summed E-state index contributed by atoms with van der Waals surface area (Å²) < 4.78 is 18.6. The van der Waals surface area contributed by atoms with Gasteiger partial charge in [0.1, 0.15) is 18.0 Å². The van der Waals surface area contributed by atoms with Crippen molar-refractivity contribution in [1.82, 2.24) is 14.6 Å². The van der Waals surface area contributed by atoms with Crippen molar-refractivity contribution >= 4 is 0 Å². The molecule has 1 fully saturated rings. The minimum atomic E-state index is -3.26. The van der Waals surface area contributed by atoms with Crippen LogP contribution in [0.2, 0.25) is 0 Å². The number of ether oxygens (including phenoxy) is 1. The van der Waals surface area contributed by atoms with Crippen LogP contribution < -0.4 is 11.2 Å². The molecule has 0 spiro atoms. The highest BCUT2D eigenvalue weighted by molar-refractivity contribution is 5.31. The molecule has 2 heterocycles. The minimum Gasteiger partial charge on any atom is -0.508 e. The Bertz CT molecular complexity index is 1090. The number of benzene rings is 1. The summed E-state index contributed by atoms with van der Waals surface area (Å²) >= 11 is 0. The van der Waals surface area contributed by atoms with Crippen molar-refractivity contribution in [1.29, 1.82) is 0 Å². The quantitative estimate of drug-likeness (QED) is 0.185. The Morgan fingerprint density at radius 1 is 1.31 bits per heavy atom. The van der Waals surface area contributed by atoms with Gasteiger partial charge in [-0.1, -0.05) is 25.1 Å². The second-order valence-corrected chi connectivity index (χ2v) is 7.57. The summed E-state index contributed by atoms with van der Waals surface area (Å²) in [6.07, 6.45) is -3.14. The van der Waals surface area contributed by atoms with Gasteiger partial charge in [0.15, 0.2) is 0 Å². The molecule has 1 aromatic heterocycles. The molecule has 32 heavy (non-hydrogen) atoms. The monoisotopic (exact) mass is 457 g/mol. The Kier molecular flexibility index (Phi) is 6.53. The summed E-state index contributed by atoms with van der Waals surface area (Å²) in [7, 11) is 0. The zero-order valence-corrected chi connectivity index (χ0v) is 16.9. The van der Waals surface area contributed by atoms with Gasteiger partial charge in [-0.3, -0.25) is 14.2 Å². The number of phenolic OH excluding ortho intramolecular Hbond substituents is 1. The number of aromatic nitrogens is 2.